The second kappa shape index (κ2) is 13.3. The summed E-state index contributed by atoms with van der Waals surface area (Å²) >= 11 is 0. The monoisotopic (exact) mass is 393 g/mol. The molecule has 20 heavy (non-hydrogen) atoms. The first kappa shape index (κ1) is 19.3. The third-order valence-electron chi connectivity index (χ3n) is 2.93. The van der Waals surface area contributed by atoms with Gasteiger partial charge in [-0.25, -0.2) is 4.79 Å². The maximum Gasteiger partial charge on any atom is 0.339 e. The zero-order valence-corrected chi connectivity index (χ0v) is 14.1. The summed E-state index contributed by atoms with van der Waals surface area (Å²) in [5.74, 6) is -0.295. The number of nitrogens with zero attached hydrogens (tertiary/aromatic N) is 1. The summed E-state index contributed by atoms with van der Waals surface area (Å²) in [5, 5.41) is 8.63. The molecule has 0 fully saturated rings. The van der Waals surface area contributed by atoms with Gasteiger partial charge in [0, 0.05) is 19.0 Å². The molecular formula is C15H24INO3. The predicted octanol–water partition coefficient (Wildman–Crippen LogP) is 3.58. The number of unbranched alkanes of at least 4 members (excludes halogenated alkanes) is 6. The summed E-state index contributed by atoms with van der Waals surface area (Å²) in [6, 6.07) is 3.43. The van der Waals surface area contributed by atoms with E-state index in [9.17, 15) is 4.79 Å². The van der Waals surface area contributed by atoms with Crippen LogP contribution in [0.1, 0.15) is 55.3 Å². The number of esters is 1. The third-order valence-corrected chi connectivity index (χ3v) is 2.93. The molecule has 0 radical (unpaired) electrons. The first-order valence-corrected chi connectivity index (χ1v) is 7.02. The number of hydrogen-bond donors (Lipinski definition) is 1. The molecule has 1 rings (SSSR count). The lowest BCUT2D eigenvalue weighted by Gasteiger charge is -2.04. The van der Waals surface area contributed by atoms with Crippen LogP contribution < -0.4 is 0 Å². The van der Waals surface area contributed by atoms with Crippen LogP contribution >= 0.6 is 24.0 Å². The lowest BCUT2D eigenvalue weighted by atomic mass is 10.1. The molecule has 1 aromatic heterocycles. The predicted molar refractivity (Wildman–Crippen MR) is 89.3 cm³/mol. The number of ether oxygens (including phenoxy) is 1. The van der Waals surface area contributed by atoms with Gasteiger partial charge in [0.15, 0.2) is 0 Å². The number of rotatable bonds is 10. The maximum absolute atomic E-state index is 11.6. The van der Waals surface area contributed by atoms with Crippen molar-refractivity contribution < 1.29 is 14.6 Å². The highest BCUT2D eigenvalue weighted by molar-refractivity contribution is 14.0. The van der Waals surface area contributed by atoms with E-state index in [1.54, 1.807) is 18.3 Å². The zero-order chi connectivity index (χ0) is 13.8. The van der Waals surface area contributed by atoms with Crippen LogP contribution in [-0.4, -0.2) is 29.3 Å². The van der Waals surface area contributed by atoms with Crippen LogP contribution in [0.4, 0.5) is 0 Å². The number of aromatic nitrogens is 1. The summed E-state index contributed by atoms with van der Waals surface area (Å²) < 4.78 is 5.16. The van der Waals surface area contributed by atoms with Crippen LogP contribution in [0.15, 0.2) is 24.5 Å². The molecule has 0 unspecified atom stereocenters. The van der Waals surface area contributed by atoms with Crippen molar-refractivity contribution in [2.24, 2.45) is 0 Å². The molecule has 114 valence electrons. The molecule has 0 saturated carbocycles. The minimum absolute atomic E-state index is 0. The fourth-order valence-corrected chi connectivity index (χ4v) is 1.83. The number of carbonyl (C=O) groups is 1. The van der Waals surface area contributed by atoms with Crippen molar-refractivity contribution in [2.45, 2.75) is 44.9 Å². The number of aliphatic hydroxyl groups is 1. The van der Waals surface area contributed by atoms with Gasteiger partial charge in [0.05, 0.1) is 12.2 Å². The molecule has 0 atom stereocenters. The maximum atomic E-state index is 11.6. The Bertz CT molecular complexity index is 346. The Morgan fingerprint density at radius 3 is 2.35 bits per heavy atom. The van der Waals surface area contributed by atoms with Crippen molar-refractivity contribution in [2.75, 3.05) is 13.2 Å². The van der Waals surface area contributed by atoms with Gasteiger partial charge in [0.2, 0.25) is 0 Å². The molecule has 0 aliphatic carbocycles. The van der Waals surface area contributed by atoms with Crippen LogP contribution in [0.3, 0.4) is 0 Å². The average Bonchev–Trinajstić information content (AvgIpc) is 2.46. The van der Waals surface area contributed by atoms with Crippen molar-refractivity contribution >= 4 is 29.9 Å². The third kappa shape index (κ3) is 9.25. The van der Waals surface area contributed by atoms with Gasteiger partial charge >= 0.3 is 5.97 Å². The average molecular weight is 393 g/mol. The van der Waals surface area contributed by atoms with Crippen LogP contribution in [-0.2, 0) is 4.74 Å². The summed E-state index contributed by atoms with van der Waals surface area (Å²) in [5.41, 5.74) is 0.506. The molecule has 0 saturated heterocycles. The van der Waals surface area contributed by atoms with Crippen molar-refractivity contribution in [1.82, 2.24) is 4.98 Å². The standard InChI is InChI=1S/C15H23NO3.HI/c17-11-6-4-2-1-3-5-7-12-19-15(18)14-9-8-10-16-13-14;/h8-10,13,17H,1-7,11-12H2;1H. The molecule has 0 amide bonds. The Morgan fingerprint density at radius 1 is 1.10 bits per heavy atom. The number of hydrogen-bond acceptors (Lipinski definition) is 4. The second-order valence-corrected chi connectivity index (χ2v) is 4.58. The van der Waals surface area contributed by atoms with E-state index >= 15 is 0 Å². The van der Waals surface area contributed by atoms with Crippen molar-refractivity contribution in [3.05, 3.63) is 30.1 Å². The van der Waals surface area contributed by atoms with E-state index in [0.717, 1.165) is 32.1 Å². The van der Waals surface area contributed by atoms with Gasteiger partial charge in [0.25, 0.3) is 0 Å². The lowest BCUT2D eigenvalue weighted by Crippen LogP contribution is -2.06. The van der Waals surface area contributed by atoms with Gasteiger partial charge < -0.3 is 9.84 Å². The molecule has 0 bridgehead atoms. The van der Waals surface area contributed by atoms with E-state index in [1.165, 1.54) is 19.0 Å². The molecule has 0 aliphatic rings. The van der Waals surface area contributed by atoms with Gasteiger partial charge in [-0.3, -0.25) is 4.98 Å². The van der Waals surface area contributed by atoms with Crippen LogP contribution in [0, 0.1) is 0 Å². The summed E-state index contributed by atoms with van der Waals surface area (Å²) in [7, 11) is 0. The van der Waals surface area contributed by atoms with Crippen LogP contribution in [0.5, 0.6) is 0 Å². The molecular weight excluding hydrogens is 369 g/mol. The topological polar surface area (TPSA) is 59.4 Å². The Labute approximate surface area is 138 Å². The van der Waals surface area contributed by atoms with E-state index < -0.39 is 0 Å². The Kier molecular flexibility index (Phi) is 12.8. The second-order valence-electron chi connectivity index (χ2n) is 4.58. The first-order chi connectivity index (χ1) is 9.34. The number of halogens is 1. The lowest BCUT2D eigenvalue weighted by molar-refractivity contribution is 0.0497. The van der Waals surface area contributed by atoms with Gasteiger partial charge in [0.1, 0.15) is 0 Å². The molecule has 4 nitrogen and oxygen atoms in total. The van der Waals surface area contributed by atoms with E-state index in [4.69, 9.17) is 9.84 Å². The minimum Gasteiger partial charge on any atom is -0.462 e. The molecule has 1 heterocycles. The largest absolute Gasteiger partial charge is 0.462 e. The number of carbonyl (C=O) groups excluding carboxylic acids is 1. The van der Waals surface area contributed by atoms with E-state index in [1.807, 2.05) is 0 Å². The minimum atomic E-state index is -0.295. The highest BCUT2D eigenvalue weighted by Crippen LogP contribution is 2.07. The van der Waals surface area contributed by atoms with E-state index in [0.29, 0.717) is 18.8 Å². The Hall–Kier alpha value is -0.690. The highest BCUT2D eigenvalue weighted by Gasteiger charge is 2.05. The fourth-order valence-electron chi connectivity index (χ4n) is 1.83. The molecule has 0 aliphatic heterocycles. The van der Waals surface area contributed by atoms with Gasteiger partial charge in [-0.05, 0) is 25.0 Å². The Morgan fingerprint density at radius 2 is 1.75 bits per heavy atom. The first-order valence-electron chi connectivity index (χ1n) is 7.02. The zero-order valence-electron chi connectivity index (χ0n) is 11.8. The quantitative estimate of drug-likeness (QED) is 0.375. The fraction of sp³-hybridized carbons (Fsp3) is 0.600. The molecule has 5 heteroatoms. The van der Waals surface area contributed by atoms with Crippen LogP contribution in [0.25, 0.3) is 0 Å². The summed E-state index contributed by atoms with van der Waals surface area (Å²) in [6.07, 6.45) is 10.7. The van der Waals surface area contributed by atoms with Gasteiger partial charge in [-0.2, -0.15) is 0 Å². The van der Waals surface area contributed by atoms with Crippen molar-refractivity contribution in [1.29, 1.82) is 0 Å². The van der Waals surface area contributed by atoms with Crippen molar-refractivity contribution in [3.8, 4) is 0 Å². The molecule has 0 spiro atoms. The normalized spacial score (nSPS) is 9.85. The van der Waals surface area contributed by atoms with Gasteiger partial charge in [-0.1, -0.05) is 32.1 Å². The van der Waals surface area contributed by atoms with E-state index in [2.05, 4.69) is 4.98 Å². The molecule has 1 N–H and O–H groups in total. The summed E-state index contributed by atoms with van der Waals surface area (Å²) in [6.45, 7) is 0.772. The number of aliphatic hydroxyl groups excluding tert-OH is 1. The SMILES string of the molecule is I.O=C(OCCCCCCCCCO)c1cccnc1. The van der Waals surface area contributed by atoms with Crippen molar-refractivity contribution in [3.63, 3.8) is 0 Å². The summed E-state index contributed by atoms with van der Waals surface area (Å²) in [4.78, 5) is 15.4. The molecule has 1 aromatic rings. The van der Waals surface area contributed by atoms with Gasteiger partial charge in [-0.15, -0.1) is 24.0 Å². The Balaban J connectivity index is 0.00000361. The van der Waals surface area contributed by atoms with E-state index in [-0.39, 0.29) is 29.9 Å². The number of pyridine rings is 1. The highest BCUT2D eigenvalue weighted by atomic mass is 127. The smallest absolute Gasteiger partial charge is 0.339 e. The van der Waals surface area contributed by atoms with Crippen LogP contribution in [0.2, 0.25) is 0 Å². The molecule has 0 aromatic carbocycles.